The molecule has 4 rings (SSSR count). The molecule has 0 N–H and O–H groups in total. The smallest absolute Gasteiger partial charge is 0.211 e. The largest absolute Gasteiger partial charge is 0.493 e. The van der Waals surface area contributed by atoms with Crippen molar-refractivity contribution < 1.29 is 17.9 Å². The molecular formula is C28H29NO5S. The van der Waals surface area contributed by atoms with E-state index < -0.39 is 15.3 Å². The fraction of sp³-hybridized carbons (Fsp3) is 0.250. The Labute approximate surface area is 205 Å². The molecule has 0 atom stereocenters. The molecule has 0 aliphatic carbocycles. The summed E-state index contributed by atoms with van der Waals surface area (Å²) in [4.78, 5) is 13.4. The maximum absolute atomic E-state index is 13.6. The first-order valence-corrected chi connectivity index (χ1v) is 12.8. The zero-order valence-corrected chi connectivity index (χ0v) is 21.3. The maximum Gasteiger partial charge on any atom is 0.211 e. The molecule has 6 nitrogen and oxygen atoms in total. The summed E-state index contributed by atoms with van der Waals surface area (Å²) >= 11 is 0. The van der Waals surface area contributed by atoms with Crippen molar-refractivity contribution in [1.29, 1.82) is 0 Å². The van der Waals surface area contributed by atoms with Crippen molar-refractivity contribution in [3.05, 3.63) is 93.8 Å². The first-order valence-electron chi connectivity index (χ1n) is 11.4. The van der Waals surface area contributed by atoms with Crippen molar-refractivity contribution in [2.24, 2.45) is 0 Å². The van der Waals surface area contributed by atoms with E-state index in [9.17, 15) is 13.2 Å². The van der Waals surface area contributed by atoms with Crippen LogP contribution in [0.25, 0.3) is 10.9 Å². The van der Waals surface area contributed by atoms with Crippen molar-refractivity contribution in [1.82, 2.24) is 4.57 Å². The molecule has 0 saturated heterocycles. The van der Waals surface area contributed by atoms with Gasteiger partial charge in [0.05, 0.1) is 30.0 Å². The topological polar surface area (TPSA) is 74.6 Å². The lowest BCUT2D eigenvalue weighted by molar-refractivity contribution is 0.355. The van der Waals surface area contributed by atoms with Gasteiger partial charge in [0, 0.05) is 18.8 Å². The number of aromatic nitrogens is 1. The fourth-order valence-electron chi connectivity index (χ4n) is 4.18. The van der Waals surface area contributed by atoms with Crippen LogP contribution < -0.4 is 14.9 Å². The molecule has 0 amide bonds. The molecule has 0 fully saturated rings. The molecule has 0 unspecified atom stereocenters. The maximum atomic E-state index is 13.6. The molecule has 0 radical (unpaired) electrons. The highest BCUT2D eigenvalue weighted by molar-refractivity contribution is 7.91. The molecular weight excluding hydrogens is 462 g/mol. The van der Waals surface area contributed by atoms with Crippen molar-refractivity contribution in [2.75, 3.05) is 14.2 Å². The van der Waals surface area contributed by atoms with Crippen LogP contribution in [-0.4, -0.2) is 27.2 Å². The third-order valence-corrected chi connectivity index (χ3v) is 7.90. The average Bonchev–Trinajstić information content (AvgIpc) is 2.84. The van der Waals surface area contributed by atoms with Gasteiger partial charge in [0.2, 0.25) is 15.3 Å². The first-order chi connectivity index (χ1) is 16.6. The number of methoxy groups -OCH3 is 2. The summed E-state index contributed by atoms with van der Waals surface area (Å²) in [5, 5.41) is 0.246. The van der Waals surface area contributed by atoms with E-state index in [1.165, 1.54) is 20.4 Å². The number of ether oxygens (including phenoxy) is 2. The Morgan fingerprint density at radius 2 is 1.57 bits per heavy atom. The first kappa shape index (κ1) is 24.5. The average molecular weight is 492 g/mol. The van der Waals surface area contributed by atoms with E-state index in [0.29, 0.717) is 23.6 Å². The van der Waals surface area contributed by atoms with Crippen LogP contribution in [-0.2, 0) is 16.4 Å². The molecule has 0 bridgehead atoms. The van der Waals surface area contributed by atoms with Gasteiger partial charge in [0.1, 0.15) is 4.90 Å². The Hall–Kier alpha value is -3.58. The highest BCUT2D eigenvalue weighted by atomic mass is 32.2. The molecule has 1 heterocycles. The monoisotopic (exact) mass is 491 g/mol. The fourth-order valence-corrected chi connectivity index (χ4v) is 5.55. The Morgan fingerprint density at radius 1 is 0.914 bits per heavy atom. The number of fused-ring (bicyclic) bond motifs is 1. The minimum atomic E-state index is -4.07. The minimum absolute atomic E-state index is 0.0842. The van der Waals surface area contributed by atoms with E-state index in [4.69, 9.17) is 9.47 Å². The quantitative estimate of drug-likeness (QED) is 0.349. The summed E-state index contributed by atoms with van der Waals surface area (Å²) in [5.74, 6) is 1.08. The number of hydrogen-bond acceptors (Lipinski definition) is 5. The van der Waals surface area contributed by atoms with E-state index in [0.717, 1.165) is 16.7 Å². The second-order valence-corrected chi connectivity index (χ2v) is 10.8. The van der Waals surface area contributed by atoms with Crippen LogP contribution in [0.3, 0.4) is 0 Å². The van der Waals surface area contributed by atoms with Gasteiger partial charge in [-0.15, -0.1) is 0 Å². The third kappa shape index (κ3) is 4.68. The van der Waals surface area contributed by atoms with Gasteiger partial charge in [-0.25, -0.2) is 8.42 Å². The van der Waals surface area contributed by atoms with E-state index in [1.54, 1.807) is 41.0 Å². The van der Waals surface area contributed by atoms with Crippen LogP contribution in [0, 0.1) is 6.92 Å². The Kier molecular flexibility index (Phi) is 6.72. The lowest BCUT2D eigenvalue weighted by atomic mass is 10.0. The molecule has 0 saturated carbocycles. The molecule has 182 valence electrons. The number of sulfone groups is 1. The molecule has 0 spiro atoms. The van der Waals surface area contributed by atoms with Crippen LogP contribution >= 0.6 is 0 Å². The zero-order valence-electron chi connectivity index (χ0n) is 20.5. The van der Waals surface area contributed by atoms with Crippen molar-refractivity contribution in [2.45, 2.75) is 43.0 Å². The normalized spacial score (nSPS) is 11.7. The molecule has 7 heteroatoms. The van der Waals surface area contributed by atoms with Gasteiger partial charge in [-0.3, -0.25) is 4.79 Å². The second-order valence-electron chi connectivity index (χ2n) is 8.89. The molecule has 35 heavy (non-hydrogen) atoms. The predicted molar refractivity (Wildman–Crippen MR) is 138 cm³/mol. The van der Waals surface area contributed by atoms with E-state index >= 15 is 0 Å². The molecule has 4 aromatic rings. The second kappa shape index (κ2) is 9.58. The van der Waals surface area contributed by atoms with Gasteiger partial charge in [0.25, 0.3) is 0 Å². The van der Waals surface area contributed by atoms with Crippen LogP contribution in [0.1, 0.15) is 36.5 Å². The van der Waals surface area contributed by atoms with Gasteiger partial charge in [-0.2, -0.15) is 0 Å². The number of benzene rings is 3. The number of hydrogen-bond donors (Lipinski definition) is 0. The number of nitrogens with zero attached hydrogens (tertiary/aromatic N) is 1. The van der Waals surface area contributed by atoms with Gasteiger partial charge < -0.3 is 14.0 Å². The van der Waals surface area contributed by atoms with Gasteiger partial charge in [-0.1, -0.05) is 55.8 Å². The summed E-state index contributed by atoms with van der Waals surface area (Å²) in [6.45, 7) is 6.46. The Morgan fingerprint density at radius 3 is 2.17 bits per heavy atom. The standard InChI is InChI=1S/C28H29NO5S/c1-18(2)21-9-11-22(12-10-21)35(31,32)27-17-29(16-20-8-6-7-19(3)13-20)24-15-26(34-5)25(33-4)14-23(24)28(27)30/h6-15,17-18H,16H2,1-5H3. The van der Waals surface area contributed by atoms with Gasteiger partial charge in [0.15, 0.2) is 11.5 Å². The minimum Gasteiger partial charge on any atom is -0.493 e. The molecule has 3 aromatic carbocycles. The number of aryl methyl sites for hydroxylation is 1. The molecule has 0 aliphatic rings. The van der Waals surface area contributed by atoms with Crippen molar-refractivity contribution in [3.63, 3.8) is 0 Å². The van der Waals surface area contributed by atoms with Crippen LogP contribution in [0.15, 0.2) is 81.4 Å². The van der Waals surface area contributed by atoms with Gasteiger partial charge >= 0.3 is 0 Å². The van der Waals surface area contributed by atoms with E-state index in [1.807, 2.05) is 45.0 Å². The predicted octanol–water partition coefficient (Wildman–Crippen LogP) is 5.33. The molecule has 0 aliphatic heterocycles. The van der Waals surface area contributed by atoms with Crippen LogP contribution in [0.4, 0.5) is 0 Å². The highest BCUT2D eigenvalue weighted by Gasteiger charge is 2.25. The summed E-state index contributed by atoms with van der Waals surface area (Å²) in [6.07, 6.45) is 1.44. The zero-order chi connectivity index (χ0) is 25.3. The number of pyridine rings is 1. The Balaban J connectivity index is 1.98. The van der Waals surface area contributed by atoms with Crippen LogP contribution in [0.5, 0.6) is 11.5 Å². The highest BCUT2D eigenvalue weighted by Crippen LogP contribution is 2.32. The number of rotatable bonds is 7. The van der Waals surface area contributed by atoms with E-state index in [2.05, 4.69) is 0 Å². The molecule has 1 aromatic heterocycles. The summed E-state index contributed by atoms with van der Waals surface area (Å²) in [6, 6.07) is 17.9. The van der Waals surface area contributed by atoms with Crippen LogP contribution in [0.2, 0.25) is 0 Å². The lowest BCUT2D eigenvalue weighted by Crippen LogP contribution is -2.20. The van der Waals surface area contributed by atoms with E-state index in [-0.39, 0.29) is 21.1 Å². The summed E-state index contributed by atoms with van der Waals surface area (Å²) < 4.78 is 39.9. The Bertz CT molecular complexity index is 1550. The summed E-state index contributed by atoms with van der Waals surface area (Å²) in [7, 11) is -1.07. The SMILES string of the molecule is COc1cc2c(=O)c(S(=O)(=O)c3ccc(C(C)C)cc3)cn(Cc3cccc(C)c3)c2cc1OC. The third-order valence-electron chi connectivity index (χ3n) is 6.13. The van der Waals surface area contributed by atoms with Crippen molar-refractivity contribution in [3.8, 4) is 11.5 Å². The van der Waals surface area contributed by atoms with Gasteiger partial charge in [-0.05, 0) is 42.2 Å². The lowest BCUT2D eigenvalue weighted by Gasteiger charge is -2.17. The van der Waals surface area contributed by atoms with Crippen molar-refractivity contribution >= 4 is 20.7 Å². The summed E-state index contributed by atoms with van der Waals surface area (Å²) in [5.41, 5.74) is 3.08.